The van der Waals surface area contributed by atoms with Crippen LogP contribution in [0.15, 0.2) is 42.5 Å². The molecule has 0 bridgehead atoms. The smallest absolute Gasteiger partial charge is 0.238 e. The van der Waals surface area contributed by atoms with Crippen LogP contribution in [0.5, 0.6) is 0 Å². The van der Waals surface area contributed by atoms with Gasteiger partial charge in [-0.2, -0.15) is 0 Å². The average molecular weight is 423 g/mol. The molecule has 3 rings (SSSR count). The van der Waals surface area contributed by atoms with Gasteiger partial charge >= 0.3 is 0 Å². The number of likely N-dealkylation sites (N-methyl/N-ethyl adjacent to an activating group) is 1. The van der Waals surface area contributed by atoms with Crippen LogP contribution in [0.4, 0.5) is 5.69 Å². The zero-order chi connectivity index (χ0) is 22.4. The summed E-state index contributed by atoms with van der Waals surface area (Å²) < 4.78 is 0. The van der Waals surface area contributed by atoms with E-state index in [9.17, 15) is 9.59 Å². The normalized spacial score (nSPS) is 14.7. The molecule has 31 heavy (non-hydrogen) atoms. The van der Waals surface area contributed by atoms with E-state index in [1.165, 1.54) is 11.1 Å². The number of piperazine rings is 1. The van der Waals surface area contributed by atoms with E-state index in [0.29, 0.717) is 0 Å². The Balaban J connectivity index is 1.43. The van der Waals surface area contributed by atoms with Gasteiger partial charge in [0.1, 0.15) is 0 Å². The number of benzene rings is 2. The first kappa shape index (κ1) is 23.0. The number of carbonyl (C=O) groups excluding carboxylic acids is 2. The Kier molecular flexibility index (Phi) is 7.82. The van der Waals surface area contributed by atoms with Crippen molar-refractivity contribution in [1.29, 1.82) is 0 Å². The molecule has 166 valence electrons. The van der Waals surface area contributed by atoms with Crippen LogP contribution in [0.3, 0.4) is 0 Å². The molecule has 6 heteroatoms. The molecule has 0 saturated carbocycles. The second kappa shape index (κ2) is 10.6. The summed E-state index contributed by atoms with van der Waals surface area (Å²) in [5.74, 6) is -0.0198. The molecule has 0 atom stereocenters. The fourth-order valence-electron chi connectivity index (χ4n) is 4.01. The standard InChI is InChI=1S/C25H34N4O2/c1-19-8-5-6-11-22(19)16-28-12-14-29(15-13-28)24(31)18-27(4)17-23(30)26-25-20(2)9-7-10-21(25)3/h5-11H,12-18H2,1-4H3,(H,26,30). The Morgan fingerprint density at radius 1 is 0.871 bits per heavy atom. The van der Waals surface area contributed by atoms with Gasteiger partial charge in [-0.05, 0) is 50.1 Å². The van der Waals surface area contributed by atoms with Crippen molar-refractivity contribution in [3.63, 3.8) is 0 Å². The summed E-state index contributed by atoms with van der Waals surface area (Å²) in [6.45, 7) is 10.7. The SMILES string of the molecule is Cc1ccccc1CN1CCN(C(=O)CN(C)CC(=O)Nc2c(C)cccc2C)CC1. The zero-order valence-corrected chi connectivity index (χ0v) is 19.1. The third kappa shape index (κ3) is 6.39. The van der Waals surface area contributed by atoms with E-state index in [2.05, 4.69) is 41.4 Å². The molecule has 0 radical (unpaired) electrons. The minimum absolute atomic E-state index is 0.0814. The molecule has 1 aliphatic heterocycles. The highest BCUT2D eigenvalue weighted by Crippen LogP contribution is 2.19. The van der Waals surface area contributed by atoms with Gasteiger partial charge in [0, 0.05) is 38.4 Å². The van der Waals surface area contributed by atoms with Gasteiger partial charge in [0.25, 0.3) is 0 Å². The van der Waals surface area contributed by atoms with Crippen molar-refractivity contribution in [1.82, 2.24) is 14.7 Å². The predicted molar refractivity (Wildman–Crippen MR) is 125 cm³/mol. The summed E-state index contributed by atoms with van der Waals surface area (Å²) >= 11 is 0. The molecule has 0 aliphatic carbocycles. The van der Waals surface area contributed by atoms with Crippen LogP contribution < -0.4 is 5.32 Å². The maximum Gasteiger partial charge on any atom is 0.238 e. The van der Waals surface area contributed by atoms with Gasteiger partial charge in [0.15, 0.2) is 0 Å². The summed E-state index contributed by atoms with van der Waals surface area (Å²) in [5, 5.41) is 2.98. The molecule has 0 unspecified atom stereocenters. The van der Waals surface area contributed by atoms with Crippen molar-refractivity contribution in [2.75, 3.05) is 51.6 Å². The van der Waals surface area contributed by atoms with Gasteiger partial charge in [-0.1, -0.05) is 42.5 Å². The first-order valence-electron chi connectivity index (χ1n) is 10.9. The van der Waals surface area contributed by atoms with Gasteiger partial charge in [-0.15, -0.1) is 0 Å². The van der Waals surface area contributed by atoms with E-state index in [1.807, 2.05) is 44.0 Å². The highest BCUT2D eigenvalue weighted by molar-refractivity contribution is 5.94. The largest absolute Gasteiger partial charge is 0.339 e. The molecular formula is C25H34N4O2. The Morgan fingerprint density at radius 2 is 1.48 bits per heavy atom. The van der Waals surface area contributed by atoms with Gasteiger partial charge in [-0.25, -0.2) is 0 Å². The van der Waals surface area contributed by atoms with E-state index in [-0.39, 0.29) is 24.9 Å². The zero-order valence-electron chi connectivity index (χ0n) is 19.1. The third-order valence-corrected chi connectivity index (χ3v) is 5.94. The second-order valence-corrected chi connectivity index (χ2v) is 8.57. The van der Waals surface area contributed by atoms with Crippen LogP contribution in [0.25, 0.3) is 0 Å². The van der Waals surface area contributed by atoms with Crippen LogP contribution >= 0.6 is 0 Å². The Labute approximate surface area is 185 Å². The van der Waals surface area contributed by atoms with Crippen molar-refractivity contribution in [2.24, 2.45) is 0 Å². The lowest BCUT2D eigenvalue weighted by atomic mass is 10.1. The molecule has 1 fully saturated rings. The van der Waals surface area contributed by atoms with Crippen LogP contribution in [-0.4, -0.2) is 72.8 Å². The van der Waals surface area contributed by atoms with Gasteiger partial charge in [0.05, 0.1) is 13.1 Å². The fraction of sp³-hybridized carbons (Fsp3) is 0.440. The van der Waals surface area contributed by atoms with E-state index >= 15 is 0 Å². The topological polar surface area (TPSA) is 55.9 Å². The van der Waals surface area contributed by atoms with E-state index < -0.39 is 0 Å². The number of para-hydroxylation sites is 1. The lowest BCUT2D eigenvalue weighted by Crippen LogP contribution is -2.51. The number of nitrogens with one attached hydrogen (secondary N) is 1. The summed E-state index contributed by atoms with van der Waals surface area (Å²) in [7, 11) is 1.82. The first-order valence-corrected chi connectivity index (χ1v) is 10.9. The predicted octanol–water partition coefficient (Wildman–Crippen LogP) is 2.83. The van der Waals surface area contributed by atoms with Gasteiger partial charge < -0.3 is 10.2 Å². The maximum absolute atomic E-state index is 12.7. The number of amides is 2. The molecule has 2 aromatic rings. The highest BCUT2D eigenvalue weighted by Gasteiger charge is 2.23. The van der Waals surface area contributed by atoms with Crippen molar-refractivity contribution >= 4 is 17.5 Å². The van der Waals surface area contributed by atoms with E-state index in [1.54, 1.807) is 4.90 Å². The molecular weight excluding hydrogens is 388 g/mol. The minimum Gasteiger partial charge on any atom is -0.339 e. The molecule has 0 spiro atoms. The van der Waals surface area contributed by atoms with Crippen molar-refractivity contribution in [3.8, 4) is 0 Å². The van der Waals surface area contributed by atoms with Crippen molar-refractivity contribution in [2.45, 2.75) is 27.3 Å². The fourth-order valence-corrected chi connectivity index (χ4v) is 4.01. The maximum atomic E-state index is 12.7. The molecule has 6 nitrogen and oxygen atoms in total. The van der Waals surface area contributed by atoms with Crippen LogP contribution in [0.1, 0.15) is 22.3 Å². The van der Waals surface area contributed by atoms with E-state index in [4.69, 9.17) is 0 Å². The van der Waals surface area contributed by atoms with Crippen molar-refractivity contribution < 1.29 is 9.59 Å². The number of anilines is 1. The second-order valence-electron chi connectivity index (χ2n) is 8.57. The monoisotopic (exact) mass is 422 g/mol. The quantitative estimate of drug-likeness (QED) is 0.746. The summed E-state index contributed by atoms with van der Waals surface area (Å²) in [6, 6.07) is 14.4. The number of nitrogens with zero attached hydrogens (tertiary/aromatic N) is 3. The molecule has 0 aromatic heterocycles. The molecule has 2 amide bonds. The Morgan fingerprint density at radius 3 is 2.13 bits per heavy atom. The first-order chi connectivity index (χ1) is 14.8. The number of carbonyl (C=O) groups is 2. The third-order valence-electron chi connectivity index (χ3n) is 5.94. The Hall–Kier alpha value is -2.70. The summed E-state index contributed by atoms with van der Waals surface area (Å²) in [5.41, 5.74) is 5.59. The molecule has 1 aliphatic rings. The average Bonchev–Trinajstić information content (AvgIpc) is 2.73. The number of hydrogen-bond donors (Lipinski definition) is 1. The molecule has 1 saturated heterocycles. The number of rotatable bonds is 7. The Bertz CT molecular complexity index is 899. The number of hydrogen-bond acceptors (Lipinski definition) is 4. The molecule has 2 aromatic carbocycles. The van der Waals surface area contributed by atoms with Crippen LogP contribution in [-0.2, 0) is 16.1 Å². The van der Waals surface area contributed by atoms with Crippen molar-refractivity contribution in [3.05, 3.63) is 64.7 Å². The lowest BCUT2D eigenvalue weighted by Gasteiger charge is -2.35. The number of aryl methyl sites for hydroxylation is 3. The molecule has 1 N–H and O–H groups in total. The van der Waals surface area contributed by atoms with Crippen LogP contribution in [0.2, 0.25) is 0 Å². The molecule has 1 heterocycles. The van der Waals surface area contributed by atoms with Gasteiger partial charge in [0.2, 0.25) is 11.8 Å². The summed E-state index contributed by atoms with van der Waals surface area (Å²) in [6.07, 6.45) is 0. The van der Waals surface area contributed by atoms with Gasteiger partial charge in [-0.3, -0.25) is 19.4 Å². The summed E-state index contributed by atoms with van der Waals surface area (Å²) in [4.78, 5) is 31.2. The van der Waals surface area contributed by atoms with E-state index in [0.717, 1.165) is 49.5 Å². The lowest BCUT2D eigenvalue weighted by molar-refractivity contribution is -0.134. The minimum atomic E-state index is -0.101. The highest BCUT2D eigenvalue weighted by atomic mass is 16.2. The van der Waals surface area contributed by atoms with Crippen LogP contribution in [0, 0.1) is 20.8 Å².